The fourth-order valence-corrected chi connectivity index (χ4v) is 2.69. The number of rotatable bonds is 1. The van der Waals surface area contributed by atoms with Crippen molar-refractivity contribution in [2.45, 2.75) is 6.18 Å². The molecule has 0 amide bonds. The molecule has 110 valence electrons. The Labute approximate surface area is 132 Å². The van der Waals surface area contributed by atoms with E-state index >= 15 is 0 Å². The Morgan fingerprint density at radius 2 is 1.82 bits per heavy atom. The van der Waals surface area contributed by atoms with E-state index in [9.17, 15) is 13.2 Å². The lowest BCUT2D eigenvalue weighted by atomic mass is 10.1. The summed E-state index contributed by atoms with van der Waals surface area (Å²) in [5.74, 6) is 0. The lowest BCUT2D eigenvalue weighted by Crippen LogP contribution is -2.05. The number of imidazole rings is 1. The van der Waals surface area contributed by atoms with Gasteiger partial charge in [0.05, 0.1) is 12.1 Å². The van der Waals surface area contributed by atoms with Gasteiger partial charge in [-0.3, -0.25) is 4.40 Å². The van der Waals surface area contributed by atoms with Gasteiger partial charge in [0.2, 0.25) is 0 Å². The van der Waals surface area contributed by atoms with E-state index in [1.165, 1.54) is 10.6 Å². The highest BCUT2D eigenvalue weighted by molar-refractivity contribution is 9.10. The van der Waals surface area contributed by atoms with Crippen LogP contribution in [0, 0.1) is 6.57 Å². The third-order valence-corrected chi connectivity index (χ3v) is 3.92. The Kier molecular flexibility index (Phi) is 3.41. The Hall–Kier alpha value is -2.33. The minimum Gasteiger partial charge on any atom is -0.294 e. The molecule has 0 aliphatic heterocycles. The SMILES string of the molecule is [C-]#[N+]c1ccc(-c2nc3cc(C(F)(F)F)ccn3c2Br)cc1. The second kappa shape index (κ2) is 5.14. The van der Waals surface area contributed by atoms with Crippen LogP contribution < -0.4 is 0 Å². The smallest absolute Gasteiger partial charge is 0.294 e. The molecule has 0 bridgehead atoms. The predicted molar refractivity (Wildman–Crippen MR) is 79.6 cm³/mol. The van der Waals surface area contributed by atoms with Gasteiger partial charge in [-0.2, -0.15) is 13.2 Å². The number of halogens is 4. The maximum Gasteiger partial charge on any atom is 0.416 e. The van der Waals surface area contributed by atoms with E-state index in [2.05, 4.69) is 25.8 Å². The van der Waals surface area contributed by atoms with Crippen molar-refractivity contribution in [2.24, 2.45) is 0 Å². The molecule has 1 aromatic carbocycles. The van der Waals surface area contributed by atoms with Crippen LogP contribution in [0.2, 0.25) is 0 Å². The van der Waals surface area contributed by atoms with Gasteiger partial charge < -0.3 is 0 Å². The molecule has 0 aliphatic carbocycles. The minimum absolute atomic E-state index is 0.200. The van der Waals surface area contributed by atoms with Gasteiger partial charge >= 0.3 is 6.18 Å². The maximum atomic E-state index is 12.8. The standard InChI is InChI=1S/C15H7BrF3N3/c1-20-11-4-2-9(3-5-11)13-14(16)22-7-6-10(15(17,18)19)8-12(22)21-13/h2-8H. The highest BCUT2D eigenvalue weighted by Crippen LogP contribution is 2.33. The minimum atomic E-state index is -4.41. The molecule has 2 aromatic heterocycles. The molecule has 0 aliphatic rings. The summed E-state index contributed by atoms with van der Waals surface area (Å²) in [5.41, 5.74) is 1.19. The molecule has 0 fully saturated rings. The number of alkyl halides is 3. The van der Waals surface area contributed by atoms with Gasteiger partial charge in [0.15, 0.2) is 5.69 Å². The number of aromatic nitrogens is 2. The van der Waals surface area contributed by atoms with Crippen LogP contribution in [0.4, 0.5) is 18.9 Å². The first-order chi connectivity index (χ1) is 10.4. The molecule has 7 heteroatoms. The van der Waals surface area contributed by atoms with Gasteiger partial charge in [-0.05, 0) is 28.1 Å². The van der Waals surface area contributed by atoms with Crippen molar-refractivity contribution in [2.75, 3.05) is 0 Å². The van der Waals surface area contributed by atoms with Gasteiger partial charge in [0.1, 0.15) is 15.9 Å². The zero-order valence-corrected chi connectivity index (χ0v) is 12.5. The number of hydrogen-bond donors (Lipinski definition) is 0. The lowest BCUT2D eigenvalue weighted by Gasteiger charge is -2.06. The summed E-state index contributed by atoms with van der Waals surface area (Å²) < 4.78 is 40.4. The molecule has 0 radical (unpaired) electrons. The zero-order valence-electron chi connectivity index (χ0n) is 10.9. The zero-order chi connectivity index (χ0) is 15.9. The van der Waals surface area contributed by atoms with Crippen molar-refractivity contribution in [3.8, 4) is 11.3 Å². The second-order valence-corrected chi connectivity index (χ2v) is 5.30. The van der Waals surface area contributed by atoms with Crippen LogP contribution in [0.15, 0.2) is 47.2 Å². The molecule has 2 heterocycles. The fraction of sp³-hybridized carbons (Fsp3) is 0.0667. The van der Waals surface area contributed by atoms with Crippen molar-refractivity contribution in [3.63, 3.8) is 0 Å². The van der Waals surface area contributed by atoms with Crippen LogP contribution in [0.3, 0.4) is 0 Å². The Bertz CT molecular complexity index is 889. The van der Waals surface area contributed by atoms with Gasteiger partial charge in [-0.1, -0.05) is 24.3 Å². The van der Waals surface area contributed by atoms with Crippen LogP contribution in [0.25, 0.3) is 21.7 Å². The van der Waals surface area contributed by atoms with Crippen molar-refractivity contribution in [1.29, 1.82) is 0 Å². The number of pyridine rings is 1. The van der Waals surface area contributed by atoms with Crippen molar-refractivity contribution < 1.29 is 13.2 Å². The quantitative estimate of drug-likeness (QED) is 0.534. The van der Waals surface area contributed by atoms with E-state index in [-0.39, 0.29) is 5.65 Å². The Morgan fingerprint density at radius 1 is 1.14 bits per heavy atom. The number of fused-ring (bicyclic) bond motifs is 1. The highest BCUT2D eigenvalue weighted by atomic mass is 79.9. The Balaban J connectivity index is 2.14. The molecular formula is C15H7BrF3N3. The Morgan fingerprint density at radius 3 is 2.41 bits per heavy atom. The van der Waals surface area contributed by atoms with E-state index in [0.717, 1.165) is 17.7 Å². The second-order valence-electron chi connectivity index (χ2n) is 4.55. The van der Waals surface area contributed by atoms with E-state index in [0.29, 0.717) is 16.0 Å². The van der Waals surface area contributed by atoms with Crippen molar-refractivity contribution in [3.05, 3.63) is 64.2 Å². The van der Waals surface area contributed by atoms with E-state index in [4.69, 9.17) is 6.57 Å². The molecule has 3 nitrogen and oxygen atoms in total. The van der Waals surface area contributed by atoms with Gasteiger partial charge in [0, 0.05) is 11.8 Å². The maximum absolute atomic E-state index is 12.8. The van der Waals surface area contributed by atoms with Crippen LogP contribution in [0.1, 0.15) is 5.56 Å². The fourth-order valence-electron chi connectivity index (χ4n) is 2.07. The molecule has 0 N–H and O–H groups in total. The summed E-state index contributed by atoms with van der Waals surface area (Å²) in [6.45, 7) is 6.92. The van der Waals surface area contributed by atoms with Gasteiger partial charge in [-0.25, -0.2) is 9.83 Å². The molecule has 0 atom stereocenters. The number of nitrogens with zero attached hydrogens (tertiary/aromatic N) is 3. The highest BCUT2D eigenvalue weighted by Gasteiger charge is 2.31. The molecule has 3 aromatic rings. The number of benzene rings is 1. The van der Waals surface area contributed by atoms with Crippen molar-refractivity contribution in [1.82, 2.24) is 9.38 Å². The van der Waals surface area contributed by atoms with Gasteiger partial charge in [-0.15, -0.1) is 0 Å². The van der Waals surface area contributed by atoms with Crippen LogP contribution >= 0.6 is 15.9 Å². The monoisotopic (exact) mass is 365 g/mol. The summed E-state index contributed by atoms with van der Waals surface area (Å²) in [4.78, 5) is 7.55. The first kappa shape index (κ1) is 14.6. The summed E-state index contributed by atoms with van der Waals surface area (Å²) in [5, 5.41) is 0. The number of hydrogen-bond acceptors (Lipinski definition) is 1. The first-order valence-corrected chi connectivity index (χ1v) is 6.92. The van der Waals surface area contributed by atoms with Crippen molar-refractivity contribution >= 4 is 27.3 Å². The average Bonchev–Trinajstić information content (AvgIpc) is 2.83. The topological polar surface area (TPSA) is 21.7 Å². The molecule has 3 rings (SSSR count). The molecule has 0 saturated carbocycles. The van der Waals surface area contributed by atoms with Gasteiger partial charge in [0.25, 0.3) is 0 Å². The molecule has 0 saturated heterocycles. The summed E-state index contributed by atoms with van der Waals surface area (Å²) in [6, 6.07) is 8.71. The summed E-state index contributed by atoms with van der Waals surface area (Å²) in [7, 11) is 0. The predicted octanol–water partition coefficient (Wildman–Crippen LogP) is 5.33. The summed E-state index contributed by atoms with van der Waals surface area (Å²) in [6.07, 6.45) is -3.08. The summed E-state index contributed by atoms with van der Waals surface area (Å²) >= 11 is 3.36. The normalized spacial score (nSPS) is 11.6. The molecule has 0 unspecified atom stereocenters. The third-order valence-electron chi connectivity index (χ3n) is 3.17. The molecular weight excluding hydrogens is 359 g/mol. The van der Waals surface area contributed by atoms with Crippen LogP contribution in [-0.4, -0.2) is 9.38 Å². The van der Waals surface area contributed by atoms with Crippen LogP contribution in [0.5, 0.6) is 0 Å². The van der Waals surface area contributed by atoms with Crippen LogP contribution in [-0.2, 0) is 6.18 Å². The van der Waals surface area contributed by atoms with E-state index < -0.39 is 11.7 Å². The average molecular weight is 366 g/mol. The lowest BCUT2D eigenvalue weighted by molar-refractivity contribution is -0.137. The molecule has 0 spiro atoms. The first-order valence-electron chi connectivity index (χ1n) is 6.13. The third kappa shape index (κ3) is 2.46. The molecule has 22 heavy (non-hydrogen) atoms. The van der Waals surface area contributed by atoms with E-state index in [1.54, 1.807) is 24.3 Å². The van der Waals surface area contributed by atoms with E-state index in [1.807, 2.05) is 0 Å². The largest absolute Gasteiger partial charge is 0.416 e.